The second-order valence-electron chi connectivity index (χ2n) is 9.13. The van der Waals surface area contributed by atoms with E-state index in [0.717, 1.165) is 54.1 Å². The van der Waals surface area contributed by atoms with Crippen LogP contribution in [0.15, 0.2) is 83.9 Å². The Morgan fingerprint density at radius 3 is 2.58 bits per heavy atom. The highest BCUT2D eigenvalue weighted by Crippen LogP contribution is 2.27. The second kappa shape index (κ2) is 10.5. The van der Waals surface area contributed by atoms with E-state index < -0.39 is 0 Å². The van der Waals surface area contributed by atoms with Gasteiger partial charge in [-0.3, -0.25) is 19.5 Å². The SMILES string of the molecule is CC(=O)Nc1ccc(CN2CCc3c(cc(-c4cccc(Cl)c4)c(=O)n3Cc3cccnc3)C2)cc1. The molecule has 6 nitrogen and oxygen atoms in total. The van der Waals surface area contributed by atoms with Crippen molar-refractivity contribution < 1.29 is 4.79 Å². The zero-order valence-corrected chi connectivity index (χ0v) is 20.8. The van der Waals surface area contributed by atoms with Gasteiger partial charge in [0.15, 0.2) is 0 Å². The van der Waals surface area contributed by atoms with E-state index in [4.69, 9.17) is 11.6 Å². The minimum Gasteiger partial charge on any atom is -0.326 e. The van der Waals surface area contributed by atoms with Crippen LogP contribution in [-0.4, -0.2) is 26.9 Å². The highest BCUT2D eigenvalue weighted by atomic mass is 35.5. The molecular weight excluding hydrogens is 472 g/mol. The molecule has 5 rings (SSSR count). The predicted octanol–water partition coefficient (Wildman–Crippen LogP) is 5.13. The van der Waals surface area contributed by atoms with E-state index in [0.29, 0.717) is 17.1 Å². The standard InChI is InChI=1S/C29H27ClN4O2/c1-20(35)32-26-9-7-21(8-10-26)17-33-13-11-28-24(19-33)15-27(23-5-2-6-25(30)14-23)29(36)34(28)18-22-4-3-12-31-16-22/h2-10,12,14-16H,11,13,17-19H2,1H3,(H,32,35). The minimum absolute atomic E-state index is 0.0121. The summed E-state index contributed by atoms with van der Waals surface area (Å²) in [5.41, 5.74) is 6.64. The molecule has 0 fully saturated rings. The van der Waals surface area contributed by atoms with Crippen molar-refractivity contribution in [2.75, 3.05) is 11.9 Å². The zero-order chi connectivity index (χ0) is 25.1. The highest BCUT2D eigenvalue weighted by Gasteiger charge is 2.23. The van der Waals surface area contributed by atoms with Crippen molar-refractivity contribution in [1.29, 1.82) is 0 Å². The molecule has 0 spiro atoms. The summed E-state index contributed by atoms with van der Waals surface area (Å²) in [5, 5.41) is 3.41. The Hall–Kier alpha value is -3.74. The van der Waals surface area contributed by atoms with E-state index in [1.165, 1.54) is 12.5 Å². The van der Waals surface area contributed by atoms with E-state index in [1.54, 1.807) is 6.20 Å². The molecule has 1 N–H and O–H groups in total. The quantitative estimate of drug-likeness (QED) is 0.400. The molecule has 7 heteroatoms. The average Bonchev–Trinajstić information content (AvgIpc) is 2.87. The van der Waals surface area contributed by atoms with E-state index in [2.05, 4.69) is 15.2 Å². The maximum absolute atomic E-state index is 13.7. The van der Waals surface area contributed by atoms with Gasteiger partial charge in [0.2, 0.25) is 5.91 Å². The lowest BCUT2D eigenvalue weighted by molar-refractivity contribution is -0.114. The van der Waals surface area contributed by atoms with Gasteiger partial charge in [-0.25, -0.2) is 0 Å². The van der Waals surface area contributed by atoms with Gasteiger partial charge >= 0.3 is 0 Å². The Balaban J connectivity index is 1.47. The van der Waals surface area contributed by atoms with Crippen LogP contribution in [0.3, 0.4) is 0 Å². The lowest BCUT2D eigenvalue weighted by atomic mass is 9.98. The Kier molecular flexibility index (Phi) is 6.98. The van der Waals surface area contributed by atoms with Gasteiger partial charge in [-0.05, 0) is 58.7 Å². The summed E-state index contributed by atoms with van der Waals surface area (Å²) in [6.45, 7) is 4.36. The molecule has 0 saturated carbocycles. The van der Waals surface area contributed by atoms with Crippen LogP contribution < -0.4 is 10.9 Å². The summed E-state index contributed by atoms with van der Waals surface area (Å²) in [7, 11) is 0. The fourth-order valence-electron chi connectivity index (χ4n) is 4.77. The fourth-order valence-corrected chi connectivity index (χ4v) is 4.96. The Morgan fingerprint density at radius 2 is 1.86 bits per heavy atom. The number of amides is 1. The number of benzene rings is 2. The molecule has 1 aliphatic rings. The number of nitrogens with zero attached hydrogens (tertiary/aromatic N) is 3. The molecule has 1 aliphatic heterocycles. The summed E-state index contributed by atoms with van der Waals surface area (Å²) in [6.07, 6.45) is 4.33. The van der Waals surface area contributed by atoms with Crippen LogP contribution in [0.1, 0.15) is 29.3 Å². The van der Waals surface area contributed by atoms with Crippen molar-refractivity contribution in [2.24, 2.45) is 0 Å². The average molecular weight is 499 g/mol. The molecule has 2 aromatic heterocycles. The first-order valence-electron chi connectivity index (χ1n) is 12.0. The van der Waals surface area contributed by atoms with Crippen molar-refractivity contribution in [3.63, 3.8) is 0 Å². The Labute approximate surface area is 215 Å². The van der Waals surface area contributed by atoms with E-state index >= 15 is 0 Å². The number of pyridine rings is 2. The summed E-state index contributed by atoms with van der Waals surface area (Å²) < 4.78 is 1.90. The third kappa shape index (κ3) is 5.40. The fraction of sp³-hybridized carbons (Fsp3) is 0.207. The van der Waals surface area contributed by atoms with E-state index in [9.17, 15) is 9.59 Å². The van der Waals surface area contributed by atoms with Crippen LogP contribution in [0.4, 0.5) is 5.69 Å². The number of carbonyl (C=O) groups is 1. The molecule has 0 radical (unpaired) electrons. The first-order chi connectivity index (χ1) is 17.5. The van der Waals surface area contributed by atoms with Gasteiger partial charge in [-0.15, -0.1) is 0 Å². The number of nitrogens with one attached hydrogen (secondary N) is 1. The van der Waals surface area contributed by atoms with E-state index in [-0.39, 0.29) is 11.5 Å². The number of hydrogen-bond acceptors (Lipinski definition) is 4. The van der Waals surface area contributed by atoms with Crippen LogP contribution in [0.2, 0.25) is 5.02 Å². The molecule has 1 amide bonds. The smallest absolute Gasteiger partial charge is 0.258 e. The maximum Gasteiger partial charge on any atom is 0.258 e. The van der Waals surface area contributed by atoms with Crippen LogP contribution in [0, 0.1) is 0 Å². The van der Waals surface area contributed by atoms with Crippen molar-refractivity contribution in [3.8, 4) is 11.1 Å². The highest BCUT2D eigenvalue weighted by molar-refractivity contribution is 6.30. The van der Waals surface area contributed by atoms with Crippen molar-refractivity contribution in [3.05, 3.63) is 117 Å². The van der Waals surface area contributed by atoms with Crippen LogP contribution in [0.25, 0.3) is 11.1 Å². The number of anilines is 1. The van der Waals surface area contributed by atoms with Gasteiger partial charge in [0.1, 0.15) is 0 Å². The first-order valence-corrected chi connectivity index (χ1v) is 12.3. The molecule has 182 valence electrons. The molecule has 0 aliphatic carbocycles. The molecule has 0 bridgehead atoms. The summed E-state index contributed by atoms with van der Waals surface area (Å²) in [6, 6.07) is 21.3. The molecule has 2 aromatic carbocycles. The van der Waals surface area contributed by atoms with Crippen molar-refractivity contribution in [1.82, 2.24) is 14.5 Å². The second-order valence-corrected chi connectivity index (χ2v) is 9.57. The van der Waals surface area contributed by atoms with Gasteiger partial charge in [0.25, 0.3) is 5.56 Å². The Morgan fingerprint density at radius 1 is 1.03 bits per heavy atom. The first kappa shape index (κ1) is 24.0. The molecule has 0 unspecified atom stereocenters. The van der Waals surface area contributed by atoms with Crippen LogP contribution >= 0.6 is 11.6 Å². The molecule has 4 aromatic rings. The summed E-state index contributed by atoms with van der Waals surface area (Å²) in [4.78, 5) is 31.6. The molecule has 0 atom stereocenters. The number of hydrogen-bond donors (Lipinski definition) is 1. The molecule has 3 heterocycles. The monoisotopic (exact) mass is 498 g/mol. The topological polar surface area (TPSA) is 67.2 Å². The molecule has 36 heavy (non-hydrogen) atoms. The van der Waals surface area contributed by atoms with Gasteiger partial charge in [-0.1, -0.05) is 41.9 Å². The minimum atomic E-state index is -0.0803. The number of carbonyl (C=O) groups excluding carboxylic acids is 1. The maximum atomic E-state index is 13.7. The van der Waals surface area contributed by atoms with Crippen molar-refractivity contribution in [2.45, 2.75) is 33.0 Å². The number of aromatic nitrogens is 2. The number of rotatable bonds is 6. The zero-order valence-electron chi connectivity index (χ0n) is 20.1. The van der Waals surface area contributed by atoms with Crippen LogP contribution in [0.5, 0.6) is 0 Å². The van der Waals surface area contributed by atoms with Gasteiger partial charge in [-0.2, -0.15) is 0 Å². The van der Waals surface area contributed by atoms with Gasteiger partial charge in [0, 0.05) is 67.3 Å². The Bertz CT molecular complexity index is 1450. The van der Waals surface area contributed by atoms with Gasteiger partial charge < -0.3 is 9.88 Å². The molecule has 0 saturated heterocycles. The van der Waals surface area contributed by atoms with Crippen LogP contribution in [-0.2, 0) is 30.8 Å². The third-order valence-corrected chi connectivity index (χ3v) is 6.66. The molecular formula is C29H27ClN4O2. The predicted molar refractivity (Wildman–Crippen MR) is 143 cm³/mol. The summed E-state index contributed by atoms with van der Waals surface area (Å²) >= 11 is 6.26. The number of halogens is 1. The largest absolute Gasteiger partial charge is 0.326 e. The van der Waals surface area contributed by atoms with E-state index in [1.807, 2.05) is 77.5 Å². The third-order valence-electron chi connectivity index (χ3n) is 6.43. The summed E-state index contributed by atoms with van der Waals surface area (Å²) in [5.74, 6) is -0.0803. The lowest BCUT2D eigenvalue weighted by Gasteiger charge is -2.31. The normalized spacial score (nSPS) is 13.3. The number of fused-ring (bicyclic) bond motifs is 1. The van der Waals surface area contributed by atoms with Gasteiger partial charge in [0.05, 0.1) is 6.54 Å². The van der Waals surface area contributed by atoms with Crippen molar-refractivity contribution >= 4 is 23.2 Å². The lowest BCUT2D eigenvalue weighted by Crippen LogP contribution is -2.36.